The first-order chi connectivity index (χ1) is 9.63. The molecule has 2 aromatic heterocycles. The highest BCUT2D eigenvalue weighted by molar-refractivity contribution is 5.81. The lowest BCUT2D eigenvalue weighted by Crippen LogP contribution is -2.06. The third-order valence-electron chi connectivity index (χ3n) is 3.77. The van der Waals surface area contributed by atoms with Crippen LogP contribution in [-0.2, 0) is 20.1 Å². The number of aryl methyl sites for hydroxylation is 3. The first-order valence-electron chi connectivity index (χ1n) is 6.84. The Balaban J connectivity index is 2.12. The molecule has 2 heterocycles. The summed E-state index contributed by atoms with van der Waals surface area (Å²) in [4.78, 5) is 4.57. The standard InChI is InChI=1S/C15H19N5/c1-4-20-12(9-16)8-13(18-20)11-5-6-15-14(7-11)17-10(2)19(15)3/h5-8H,4,9,16H2,1-3H3. The largest absolute Gasteiger partial charge is 0.331 e. The van der Waals surface area contributed by atoms with E-state index in [0.717, 1.165) is 40.4 Å². The molecular weight excluding hydrogens is 250 g/mol. The van der Waals surface area contributed by atoms with Crippen molar-refractivity contribution in [2.45, 2.75) is 26.9 Å². The Morgan fingerprint density at radius 3 is 2.70 bits per heavy atom. The molecule has 0 unspecified atom stereocenters. The molecule has 3 aromatic rings. The second-order valence-corrected chi connectivity index (χ2v) is 4.96. The number of aromatic nitrogens is 4. The topological polar surface area (TPSA) is 61.7 Å². The van der Waals surface area contributed by atoms with E-state index >= 15 is 0 Å². The molecule has 104 valence electrons. The van der Waals surface area contributed by atoms with Gasteiger partial charge in [-0.25, -0.2) is 4.98 Å². The normalized spacial score (nSPS) is 11.4. The van der Waals surface area contributed by atoms with Gasteiger partial charge in [-0.1, -0.05) is 6.07 Å². The molecule has 0 fully saturated rings. The molecule has 3 rings (SSSR count). The van der Waals surface area contributed by atoms with Crippen molar-refractivity contribution < 1.29 is 0 Å². The van der Waals surface area contributed by atoms with Crippen LogP contribution in [0.2, 0.25) is 0 Å². The van der Waals surface area contributed by atoms with E-state index < -0.39 is 0 Å². The monoisotopic (exact) mass is 269 g/mol. The second-order valence-electron chi connectivity index (χ2n) is 4.96. The summed E-state index contributed by atoms with van der Waals surface area (Å²) in [5.74, 6) is 1.01. The van der Waals surface area contributed by atoms with Gasteiger partial charge in [0.2, 0.25) is 0 Å². The zero-order valence-corrected chi connectivity index (χ0v) is 12.1. The molecule has 0 amide bonds. The Morgan fingerprint density at radius 2 is 2.05 bits per heavy atom. The highest BCUT2D eigenvalue weighted by atomic mass is 15.3. The number of nitrogens with zero attached hydrogens (tertiary/aromatic N) is 4. The number of rotatable bonds is 3. The van der Waals surface area contributed by atoms with Crippen molar-refractivity contribution in [2.24, 2.45) is 12.8 Å². The van der Waals surface area contributed by atoms with E-state index in [1.807, 2.05) is 18.7 Å². The Bertz CT molecular complexity index is 745. The van der Waals surface area contributed by atoms with E-state index in [1.165, 1.54) is 0 Å². The van der Waals surface area contributed by atoms with Crippen LogP contribution in [-0.4, -0.2) is 19.3 Å². The van der Waals surface area contributed by atoms with Gasteiger partial charge in [-0.2, -0.15) is 5.10 Å². The van der Waals surface area contributed by atoms with Crippen molar-refractivity contribution in [3.05, 3.63) is 35.8 Å². The summed E-state index contributed by atoms with van der Waals surface area (Å²) in [5.41, 5.74) is 11.0. The van der Waals surface area contributed by atoms with E-state index in [1.54, 1.807) is 0 Å². The van der Waals surface area contributed by atoms with E-state index in [0.29, 0.717) is 6.54 Å². The van der Waals surface area contributed by atoms with Gasteiger partial charge in [0.05, 0.1) is 22.4 Å². The van der Waals surface area contributed by atoms with Crippen molar-refractivity contribution >= 4 is 11.0 Å². The minimum absolute atomic E-state index is 0.506. The fourth-order valence-electron chi connectivity index (χ4n) is 2.51. The average molecular weight is 269 g/mol. The van der Waals surface area contributed by atoms with Crippen molar-refractivity contribution in [3.8, 4) is 11.3 Å². The summed E-state index contributed by atoms with van der Waals surface area (Å²) < 4.78 is 4.04. The van der Waals surface area contributed by atoms with Gasteiger partial charge in [0.25, 0.3) is 0 Å². The van der Waals surface area contributed by atoms with Crippen LogP contribution in [0.5, 0.6) is 0 Å². The van der Waals surface area contributed by atoms with Crippen molar-refractivity contribution in [1.29, 1.82) is 0 Å². The predicted molar refractivity (Wildman–Crippen MR) is 80.2 cm³/mol. The van der Waals surface area contributed by atoms with Crippen LogP contribution < -0.4 is 5.73 Å². The average Bonchev–Trinajstić information content (AvgIpc) is 3.00. The quantitative estimate of drug-likeness (QED) is 0.793. The van der Waals surface area contributed by atoms with Crippen LogP contribution in [0.15, 0.2) is 24.3 Å². The fourth-order valence-corrected chi connectivity index (χ4v) is 2.51. The number of imidazole rings is 1. The maximum Gasteiger partial charge on any atom is 0.106 e. The zero-order chi connectivity index (χ0) is 14.3. The van der Waals surface area contributed by atoms with Gasteiger partial charge in [0.1, 0.15) is 5.82 Å². The minimum atomic E-state index is 0.506. The molecule has 1 aromatic carbocycles. The molecule has 0 atom stereocenters. The fraction of sp³-hybridized carbons (Fsp3) is 0.333. The third-order valence-corrected chi connectivity index (χ3v) is 3.77. The Morgan fingerprint density at radius 1 is 1.25 bits per heavy atom. The third kappa shape index (κ3) is 1.91. The molecule has 5 nitrogen and oxygen atoms in total. The minimum Gasteiger partial charge on any atom is -0.331 e. The summed E-state index contributed by atoms with van der Waals surface area (Å²) in [6, 6.07) is 8.33. The smallest absolute Gasteiger partial charge is 0.106 e. The molecule has 0 spiro atoms. The first kappa shape index (κ1) is 12.9. The van der Waals surface area contributed by atoms with Gasteiger partial charge in [-0.3, -0.25) is 4.68 Å². The first-order valence-corrected chi connectivity index (χ1v) is 6.84. The SMILES string of the molecule is CCn1nc(-c2ccc3c(c2)nc(C)n3C)cc1CN. The molecule has 0 saturated carbocycles. The Labute approximate surface area is 118 Å². The van der Waals surface area contributed by atoms with E-state index in [9.17, 15) is 0 Å². The lowest BCUT2D eigenvalue weighted by atomic mass is 10.1. The molecule has 0 saturated heterocycles. The number of nitrogens with two attached hydrogens (primary N) is 1. The highest BCUT2D eigenvalue weighted by Gasteiger charge is 2.10. The maximum atomic E-state index is 5.75. The molecule has 20 heavy (non-hydrogen) atoms. The summed E-state index contributed by atoms with van der Waals surface area (Å²) in [6.07, 6.45) is 0. The lowest BCUT2D eigenvalue weighted by Gasteiger charge is -2.00. The molecular formula is C15H19N5. The van der Waals surface area contributed by atoms with Crippen molar-refractivity contribution in [3.63, 3.8) is 0 Å². The van der Waals surface area contributed by atoms with Crippen LogP contribution in [0.1, 0.15) is 18.4 Å². The van der Waals surface area contributed by atoms with Gasteiger partial charge in [-0.15, -0.1) is 0 Å². The number of hydrogen-bond donors (Lipinski definition) is 1. The summed E-state index contributed by atoms with van der Waals surface area (Å²) in [6.45, 7) is 5.42. The van der Waals surface area contributed by atoms with Gasteiger partial charge in [-0.05, 0) is 32.0 Å². The number of benzene rings is 1. The molecule has 0 aliphatic heterocycles. The van der Waals surface area contributed by atoms with Crippen LogP contribution >= 0.6 is 0 Å². The van der Waals surface area contributed by atoms with E-state index in [2.05, 4.69) is 45.8 Å². The summed E-state index contributed by atoms with van der Waals surface area (Å²) in [7, 11) is 2.03. The molecule has 5 heteroatoms. The summed E-state index contributed by atoms with van der Waals surface area (Å²) in [5, 5.41) is 4.61. The van der Waals surface area contributed by atoms with Crippen molar-refractivity contribution in [2.75, 3.05) is 0 Å². The second kappa shape index (κ2) is 4.76. The van der Waals surface area contributed by atoms with Gasteiger partial charge < -0.3 is 10.3 Å². The predicted octanol–water partition coefficient (Wildman–Crippen LogP) is 2.22. The summed E-state index contributed by atoms with van der Waals surface area (Å²) >= 11 is 0. The van der Waals surface area contributed by atoms with Gasteiger partial charge in [0, 0.05) is 25.7 Å². The molecule has 2 N–H and O–H groups in total. The zero-order valence-electron chi connectivity index (χ0n) is 12.1. The molecule has 0 aliphatic carbocycles. The van der Waals surface area contributed by atoms with Crippen LogP contribution in [0.3, 0.4) is 0 Å². The number of fused-ring (bicyclic) bond motifs is 1. The van der Waals surface area contributed by atoms with Crippen LogP contribution in [0.25, 0.3) is 22.3 Å². The van der Waals surface area contributed by atoms with Gasteiger partial charge >= 0.3 is 0 Å². The van der Waals surface area contributed by atoms with Crippen molar-refractivity contribution in [1.82, 2.24) is 19.3 Å². The number of hydrogen-bond acceptors (Lipinski definition) is 3. The van der Waals surface area contributed by atoms with E-state index in [4.69, 9.17) is 5.73 Å². The van der Waals surface area contributed by atoms with Crippen LogP contribution in [0, 0.1) is 6.92 Å². The lowest BCUT2D eigenvalue weighted by molar-refractivity contribution is 0.624. The van der Waals surface area contributed by atoms with E-state index in [-0.39, 0.29) is 0 Å². The van der Waals surface area contributed by atoms with Gasteiger partial charge in [0.15, 0.2) is 0 Å². The molecule has 0 bridgehead atoms. The highest BCUT2D eigenvalue weighted by Crippen LogP contribution is 2.24. The Hall–Kier alpha value is -2.14. The molecule has 0 aliphatic rings. The maximum absolute atomic E-state index is 5.75. The Kier molecular flexibility index (Phi) is 3.06. The van der Waals surface area contributed by atoms with Crippen LogP contribution in [0.4, 0.5) is 0 Å². The molecule has 0 radical (unpaired) electrons.